The summed E-state index contributed by atoms with van der Waals surface area (Å²) in [6.45, 7) is 4.80. The second-order valence-electron chi connectivity index (χ2n) is 9.66. The van der Waals surface area contributed by atoms with Crippen LogP contribution in [0, 0.1) is 6.92 Å². The Hall–Kier alpha value is -4.92. The van der Waals surface area contributed by atoms with E-state index in [0.717, 1.165) is 69.6 Å². The first-order valence-electron chi connectivity index (χ1n) is 13.1. The van der Waals surface area contributed by atoms with Crippen LogP contribution >= 0.6 is 0 Å². The van der Waals surface area contributed by atoms with E-state index in [9.17, 15) is 4.79 Å². The number of hydrogen-bond acceptors (Lipinski definition) is 6. The number of imidazole rings is 1. The van der Waals surface area contributed by atoms with Crippen LogP contribution in [0.15, 0.2) is 77.6 Å². The zero-order valence-corrected chi connectivity index (χ0v) is 21.8. The second kappa shape index (κ2) is 10.4. The average molecular weight is 517 g/mol. The zero-order valence-electron chi connectivity index (χ0n) is 21.8. The molecule has 3 aromatic heterocycles. The van der Waals surface area contributed by atoms with Gasteiger partial charge < -0.3 is 4.57 Å². The van der Waals surface area contributed by atoms with Crippen molar-refractivity contribution in [2.45, 2.75) is 39.7 Å². The van der Waals surface area contributed by atoms with Crippen LogP contribution in [0.4, 0.5) is 0 Å². The number of aryl methyl sites for hydroxylation is 2. The van der Waals surface area contributed by atoms with Crippen LogP contribution in [0.1, 0.15) is 36.7 Å². The Morgan fingerprint density at radius 1 is 0.897 bits per heavy atom. The molecule has 9 nitrogen and oxygen atoms in total. The summed E-state index contributed by atoms with van der Waals surface area (Å²) in [6.07, 6.45) is 3.08. The first-order valence-corrected chi connectivity index (χ1v) is 13.1. The molecule has 0 aliphatic carbocycles. The van der Waals surface area contributed by atoms with Gasteiger partial charge in [0.05, 0.1) is 16.7 Å². The summed E-state index contributed by atoms with van der Waals surface area (Å²) < 4.78 is 2.30. The number of nitrogens with zero attached hydrogens (tertiary/aromatic N) is 6. The molecule has 0 saturated carbocycles. The molecular formula is C30H28N8O. The fourth-order valence-electron chi connectivity index (χ4n) is 4.99. The van der Waals surface area contributed by atoms with Gasteiger partial charge in [-0.05, 0) is 52.9 Å². The molecule has 0 atom stereocenters. The van der Waals surface area contributed by atoms with E-state index in [1.807, 2.05) is 37.3 Å². The van der Waals surface area contributed by atoms with Crippen molar-refractivity contribution >= 4 is 11.0 Å². The van der Waals surface area contributed by atoms with E-state index in [1.165, 1.54) is 5.56 Å². The summed E-state index contributed by atoms with van der Waals surface area (Å²) in [5, 5.41) is 21.4. The molecule has 194 valence electrons. The minimum Gasteiger partial charge on any atom is -0.323 e. The van der Waals surface area contributed by atoms with Crippen LogP contribution in [0.3, 0.4) is 0 Å². The lowest BCUT2D eigenvalue weighted by atomic mass is 9.98. The van der Waals surface area contributed by atoms with Crippen molar-refractivity contribution in [1.82, 2.24) is 40.4 Å². The van der Waals surface area contributed by atoms with E-state index < -0.39 is 0 Å². The van der Waals surface area contributed by atoms with Gasteiger partial charge in [-0.25, -0.2) is 10.1 Å². The summed E-state index contributed by atoms with van der Waals surface area (Å²) in [5.41, 5.74) is 8.61. The molecule has 0 unspecified atom stereocenters. The molecule has 0 saturated heterocycles. The fourth-order valence-corrected chi connectivity index (χ4v) is 4.99. The lowest BCUT2D eigenvalue weighted by Crippen LogP contribution is -2.08. The molecule has 6 rings (SSSR count). The van der Waals surface area contributed by atoms with E-state index >= 15 is 0 Å². The standard InChI is InChI=1S/C30H28N8O/c1-3-4-9-27-31-25-15-14-22(29-19(2)16-28(39)32-33-29)17-26(25)38(27)18-20-10-12-21(13-11-20)23-7-5-6-8-24(23)30-34-36-37-35-30/h5-8,10-17H,3-4,9,18H2,1-2H3,(H,32,39)(H,34,35,36,37). The zero-order chi connectivity index (χ0) is 26.8. The number of H-pyrrole nitrogens is 2. The van der Waals surface area contributed by atoms with Gasteiger partial charge in [0.2, 0.25) is 5.82 Å². The molecule has 3 heterocycles. The molecule has 0 spiro atoms. The summed E-state index contributed by atoms with van der Waals surface area (Å²) >= 11 is 0. The third-order valence-electron chi connectivity index (χ3n) is 6.97. The number of rotatable bonds is 8. The highest BCUT2D eigenvalue weighted by Crippen LogP contribution is 2.31. The number of tetrazole rings is 1. The Balaban J connectivity index is 1.37. The van der Waals surface area contributed by atoms with Gasteiger partial charge in [-0.15, -0.1) is 10.2 Å². The second-order valence-corrected chi connectivity index (χ2v) is 9.66. The molecular weight excluding hydrogens is 488 g/mol. The van der Waals surface area contributed by atoms with Crippen molar-refractivity contribution < 1.29 is 0 Å². The molecule has 0 amide bonds. The first-order chi connectivity index (χ1) is 19.1. The Bertz CT molecular complexity index is 1800. The van der Waals surface area contributed by atoms with Crippen LogP contribution in [0.2, 0.25) is 0 Å². The predicted octanol–water partition coefficient (Wildman–Crippen LogP) is 5.33. The minimum atomic E-state index is -0.201. The molecule has 0 fully saturated rings. The molecule has 9 heteroatoms. The van der Waals surface area contributed by atoms with E-state index in [-0.39, 0.29) is 5.56 Å². The maximum Gasteiger partial charge on any atom is 0.264 e. The third kappa shape index (κ3) is 4.86. The first kappa shape index (κ1) is 24.4. The number of fused-ring (bicyclic) bond motifs is 1. The van der Waals surface area contributed by atoms with Gasteiger partial charge in [0.15, 0.2) is 0 Å². The third-order valence-corrected chi connectivity index (χ3v) is 6.97. The number of hydrogen-bond donors (Lipinski definition) is 2. The Morgan fingerprint density at radius 3 is 2.44 bits per heavy atom. The molecule has 39 heavy (non-hydrogen) atoms. The molecule has 0 aliphatic rings. The Labute approximate surface area is 225 Å². The van der Waals surface area contributed by atoms with Gasteiger partial charge in [0.25, 0.3) is 5.56 Å². The summed E-state index contributed by atoms with van der Waals surface area (Å²) in [4.78, 5) is 16.7. The normalized spacial score (nSPS) is 11.3. The van der Waals surface area contributed by atoms with Gasteiger partial charge in [-0.2, -0.15) is 10.3 Å². The molecule has 2 N–H and O–H groups in total. The lowest BCUT2D eigenvalue weighted by Gasteiger charge is -2.12. The Kier molecular flexibility index (Phi) is 6.54. The van der Waals surface area contributed by atoms with Gasteiger partial charge in [-0.3, -0.25) is 4.79 Å². The van der Waals surface area contributed by atoms with Crippen molar-refractivity contribution in [3.8, 4) is 33.8 Å². The summed E-state index contributed by atoms with van der Waals surface area (Å²) in [5.74, 6) is 1.64. The maximum atomic E-state index is 11.7. The van der Waals surface area contributed by atoms with Crippen molar-refractivity contribution in [2.24, 2.45) is 0 Å². The number of aromatic amines is 2. The molecule has 3 aromatic carbocycles. The van der Waals surface area contributed by atoms with Gasteiger partial charge >= 0.3 is 0 Å². The lowest BCUT2D eigenvalue weighted by molar-refractivity contribution is 0.690. The van der Waals surface area contributed by atoms with Crippen molar-refractivity contribution in [3.05, 3.63) is 100 Å². The van der Waals surface area contributed by atoms with E-state index in [4.69, 9.17) is 4.98 Å². The van der Waals surface area contributed by atoms with E-state index in [2.05, 4.69) is 78.7 Å². The minimum absolute atomic E-state index is 0.201. The average Bonchev–Trinajstić information content (AvgIpc) is 3.61. The van der Waals surface area contributed by atoms with Gasteiger partial charge in [0.1, 0.15) is 5.82 Å². The van der Waals surface area contributed by atoms with Crippen molar-refractivity contribution in [1.29, 1.82) is 0 Å². The van der Waals surface area contributed by atoms with Crippen LogP contribution in [-0.2, 0) is 13.0 Å². The highest BCUT2D eigenvalue weighted by Gasteiger charge is 2.15. The molecule has 0 bridgehead atoms. The van der Waals surface area contributed by atoms with Crippen LogP contribution < -0.4 is 5.56 Å². The highest BCUT2D eigenvalue weighted by molar-refractivity contribution is 5.83. The highest BCUT2D eigenvalue weighted by atomic mass is 16.1. The Morgan fingerprint density at radius 2 is 1.69 bits per heavy atom. The number of unbranched alkanes of at least 4 members (excludes halogenated alkanes) is 1. The quantitative estimate of drug-likeness (QED) is 0.282. The molecule has 0 radical (unpaired) electrons. The molecule has 6 aromatic rings. The van der Waals surface area contributed by atoms with Gasteiger partial charge in [-0.1, -0.05) is 67.9 Å². The summed E-state index contributed by atoms with van der Waals surface area (Å²) in [6, 6.07) is 24.4. The van der Waals surface area contributed by atoms with Crippen LogP contribution in [0.25, 0.3) is 44.8 Å². The fraction of sp³-hybridized carbons (Fsp3) is 0.200. The smallest absolute Gasteiger partial charge is 0.264 e. The van der Waals surface area contributed by atoms with Gasteiger partial charge in [0, 0.05) is 30.2 Å². The topological polar surface area (TPSA) is 118 Å². The van der Waals surface area contributed by atoms with E-state index in [0.29, 0.717) is 12.4 Å². The maximum absolute atomic E-state index is 11.7. The van der Waals surface area contributed by atoms with Crippen LogP contribution in [0.5, 0.6) is 0 Å². The van der Waals surface area contributed by atoms with Crippen LogP contribution in [-0.4, -0.2) is 40.4 Å². The number of benzene rings is 3. The predicted molar refractivity (Wildman–Crippen MR) is 151 cm³/mol. The monoisotopic (exact) mass is 516 g/mol. The number of aromatic nitrogens is 8. The van der Waals surface area contributed by atoms with E-state index in [1.54, 1.807) is 6.07 Å². The van der Waals surface area contributed by atoms with Crippen molar-refractivity contribution in [2.75, 3.05) is 0 Å². The SMILES string of the molecule is CCCCc1nc2ccc(-c3n[nH]c(=O)cc3C)cc2n1Cc1ccc(-c2ccccc2-c2nn[nH]n2)cc1. The van der Waals surface area contributed by atoms with Crippen molar-refractivity contribution in [3.63, 3.8) is 0 Å². The summed E-state index contributed by atoms with van der Waals surface area (Å²) in [7, 11) is 0. The largest absolute Gasteiger partial charge is 0.323 e. The number of nitrogens with one attached hydrogen (secondary N) is 2. The molecule has 0 aliphatic heterocycles.